The summed E-state index contributed by atoms with van der Waals surface area (Å²) in [4.78, 5) is 20.1. The van der Waals surface area contributed by atoms with Gasteiger partial charge in [-0.15, -0.1) is 0 Å². The molecule has 1 aliphatic rings. The summed E-state index contributed by atoms with van der Waals surface area (Å²) in [5.41, 5.74) is 2.08. The van der Waals surface area contributed by atoms with Crippen LogP contribution < -0.4 is 0 Å². The van der Waals surface area contributed by atoms with E-state index in [1.54, 1.807) is 48.5 Å². The molecular formula is C23H34O7. The summed E-state index contributed by atoms with van der Waals surface area (Å²) in [6.45, 7) is 2.57. The van der Waals surface area contributed by atoms with E-state index in [2.05, 4.69) is 4.74 Å². The van der Waals surface area contributed by atoms with E-state index in [0.717, 1.165) is 11.1 Å². The van der Waals surface area contributed by atoms with Crippen LogP contribution in [0.4, 0.5) is 0 Å². The van der Waals surface area contributed by atoms with Crippen LogP contribution in [-0.4, -0.2) is 47.1 Å². The van der Waals surface area contributed by atoms with E-state index in [9.17, 15) is 9.59 Å². The Bertz CT molecular complexity index is 703. The number of rotatable bonds is 5. The second-order valence-corrected chi connectivity index (χ2v) is 5.87. The highest BCUT2D eigenvalue weighted by Crippen LogP contribution is 2.10. The molecule has 0 amide bonds. The van der Waals surface area contributed by atoms with Crippen LogP contribution in [0.2, 0.25) is 0 Å². The maximum Gasteiger partial charge on any atom is 0.309 e. The third-order valence-electron chi connectivity index (χ3n) is 3.54. The lowest BCUT2D eigenvalue weighted by atomic mass is 10.1. The molecular weight excluding hydrogens is 388 g/mol. The predicted octanol–water partition coefficient (Wildman–Crippen LogP) is 3.63. The second-order valence-electron chi connectivity index (χ2n) is 5.87. The van der Waals surface area contributed by atoms with Crippen molar-refractivity contribution in [3.63, 3.8) is 0 Å². The summed E-state index contributed by atoms with van der Waals surface area (Å²) in [6.07, 6.45) is 1.96. The summed E-state index contributed by atoms with van der Waals surface area (Å²) in [7, 11) is 0. The van der Waals surface area contributed by atoms with Crippen molar-refractivity contribution in [3.8, 4) is 11.5 Å². The molecule has 1 saturated heterocycles. The smallest absolute Gasteiger partial charge is 0.309 e. The zero-order valence-electron chi connectivity index (χ0n) is 15.8. The second kappa shape index (κ2) is 16.9. The molecule has 0 spiro atoms. The number of ether oxygens (including phenoxy) is 2. The van der Waals surface area contributed by atoms with Crippen LogP contribution in [0.3, 0.4) is 0 Å². The van der Waals surface area contributed by atoms with Gasteiger partial charge in [0, 0.05) is 20.0 Å². The lowest BCUT2D eigenvalue weighted by Crippen LogP contribution is -2.18. The molecule has 0 saturated carbocycles. The summed E-state index contributed by atoms with van der Waals surface area (Å²) < 4.78 is 9.07. The maximum absolute atomic E-state index is 10.4. The fourth-order valence-electron chi connectivity index (χ4n) is 1.95. The average molecular weight is 423 g/mol. The van der Waals surface area contributed by atoms with E-state index in [4.69, 9.17) is 20.1 Å². The Morgan fingerprint density at radius 3 is 1.63 bits per heavy atom. The minimum absolute atomic E-state index is 0. The highest BCUT2D eigenvalue weighted by atomic mass is 16.6. The first-order valence-corrected chi connectivity index (χ1v) is 8.86. The van der Waals surface area contributed by atoms with Crippen molar-refractivity contribution in [1.29, 1.82) is 0 Å². The molecule has 3 rings (SSSR count). The van der Waals surface area contributed by atoms with Crippen molar-refractivity contribution < 1.29 is 34.4 Å². The van der Waals surface area contributed by atoms with Crippen molar-refractivity contribution in [2.75, 3.05) is 19.8 Å². The van der Waals surface area contributed by atoms with Crippen LogP contribution in [0.25, 0.3) is 0 Å². The van der Waals surface area contributed by atoms with Crippen molar-refractivity contribution in [3.05, 3.63) is 59.7 Å². The van der Waals surface area contributed by atoms with Gasteiger partial charge in [-0.1, -0.05) is 39.1 Å². The largest absolute Gasteiger partial charge is 0.508 e. The molecule has 2 aromatic carbocycles. The lowest BCUT2D eigenvalue weighted by Gasteiger charge is -2.09. The number of aromatic hydroxyl groups is 2. The molecule has 0 bridgehead atoms. The third kappa shape index (κ3) is 14.0. The molecule has 0 unspecified atom stereocenters. The number of hydrogen-bond donors (Lipinski definition) is 3. The molecule has 3 N–H and O–H groups in total. The topological polar surface area (TPSA) is 113 Å². The summed E-state index contributed by atoms with van der Waals surface area (Å²) in [5, 5.41) is 26.4. The Hall–Kier alpha value is -3.06. The normalized spacial score (nSPS) is 10.8. The molecule has 0 radical (unpaired) electrons. The lowest BCUT2D eigenvalue weighted by molar-refractivity contribution is -0.157. The Kier molecular flexibility index (Phi) is 16.4. The Morgan fingerprint density at radius 1 is 0.933 bits per heavy atom. The van der Waals surface area contributed by atoms with Gasteiger partial charge in [-0.3, -0.25) is 9.59 Å². The van der Waals surface area contributed by atoms with Crippen molar-refractivity contribution in [2.24, 2.45) is 0 Å². The van der Waals surface area contributed by atoms with Crippen molar-refractivity contribution in [2.45, 2.75) is 41.0 Å². The first-order chi connectivity index (χ1) is 13.4. The minimum atomic E-state index is -0.265. The van der Waals surface area contributed by atoms with Gasteiger partial charge in [0.1, 0.15) is 18.1 Å². The molecule has 0 aromatic heterocycles. The first-order valence-electron chi connectivity index (χ1n) is 8.86. The summed E-state index contributed by atoms with van der Waals surface area (Å²) in [6, 6.07) is 13.7. The standard InChI is InChI=1S/C10H12O3.C8H10O2.C3H4O2.2CH4/c1-8(11)13-7-6-9-2-4-10(12)5-3-9;9-6-5-7-1-3-8(10)4-2-7;4-3-1-2-5-3;;/h2-5,12H,6-7H2,1H3;1-4,9-10H,5-6H2;1-2H2;2*1H4. The zero-order chi connectivity index (χ0) is 20.8. The van der Waals surface area contributed by atoms with E-state index in [0.29, 0.717) is 32.5 Å². The predicted molar refractivity (Wildman–Crippen MR) is 116 cm³/mol. The average Bonchev–Trinajstić information content (AvgIpc) is 2.65. The Morgan fingerprint density at radius 2 is 1.33 bits per heavy atom. The highest BCUT2D eigenvalue weighted by Gasteiger charge is 2.11. The van der Waals surface area contributed by atoms with E-state index in [1.165, 1.54) is 6.92 Å². The van der Waals surface area contributed by atoms with Gasteiger partial charge in [0.15, 0.2) is 0 Å². The SMILES string of the molecule is C.C.CC(=O)OCCc1ccc(O)cc1.O=C1CCO1.OCCc1ccc(O)cc1. The van der Waals surface area contributed by atoms with E-state index < -0.39 is 0 Å². The van der Waals surface area contributed by atoms with Crippen molar-refractivity contribution in [1.82, 2.24) is 0 Å². The molecule has 168 valence electrons. The Balaban J connectivity index is 0. The number of carbonyl (C=O) groups is 2. The number of aliphatic hydroxyl groups excluding tert-OH is 1. The summed E-state index contributed by atoms with van der Waals surface area (Å²) >= 11 is 0. The van der Waals surface area contributed by atoms with Crippen molar-refractivity contribution >= 4 is 11.9 Å². The van der Waals surface area contributed by atoms with Crippen LogP contribution in [-0.2, 0) is 31.9 Å². The quantitative estimate of drug-likeness (QED) is 0.631. The fourth-order valence-corrected chi connectivity index (χ4v) is 1.95. The van der Waals surface area contributed by atoms with Gasteiger partial charge in [-0.2, -0.15) is 0 Å². The van der Waals surface area contributed by atoms with Gasteiger partial charge in [0.2, 0.25) is 0 Å². The molecule has 1 aliphatic heterocycles. The number of esters is 2. The Labute approximate surface area is 178 Å². The van der Waals surface area contributed by atoms with Crippen LogP contribution >= 0.6 is 0 Å². The van der Waals surface area contributed by atoms with E-state index in [-0.39, 0.29) is 44.9 Å². The van der Waals surface area contributed by atoms with Gasteiger partial charge in [0.05, 0.1) is 13.0 Å². The van der Waals surface area contributed by atoms with Crippen LogP contribution in [0.5, 0.6) is 11.5 Å². The number of aliphatic hydroxyl groups is 1. The van der Waals surface area contributed by atoms with Crippen LogP contribution in [0.1, 0.15) is 39.3 Å². The van der Waals surface area contributed by atoms with E-state index in [1.807, 2.05) is 0 Å². The number of cyclic esters (lactones) is 1. The molecule has 30 heavy (non-hydrogen) atoms. The zero-order valence-corrected chi connectivity index (χ0v) is 15.8. The van der Waals surface area contributed by atoms with Gasteiger partial charge in [-0.25, -0.2) is 0 Å². The fraction of sp³-hybridized carbons (Fsp3) is 0.391. The van der Waals surface area contributed by atoms with Crippen LogP contribution in [0, 0.1) is 0 Å². The molecule has 0 atom stereocenters. The molecule has 7 heteroatoms. The highest BCUT2D eigenvalue weighted by molar-refractivity contribution is 5.73. The van der Waals surface area contributed by atoms with Gasteiger partial charge >= 0.3 is 11.9 Å². The van der Waals surface area contributed by atoms with Crippen LogP contribution in [0.15, 0.2) is 48.5 Å². The number of benzene rings is 2. The number of phenolic OH excluding ortho intramolecular Hbond substituents is 2. The first kappa shape index (κ1) is 29.1. The third-order valence-corrected chi connectivity index (χ3v) is 3.54. The van der Waals surface area contributed by atoms with Gasteiger partial charge in [-0.05, 0) is 41.8 Å². The molecule has 2 aromatic rings. The molecule has 1 fully saturated rings. The maximum atomic E-state index is 10.4. The molecule has 7 nitrogen and oxygen atoms in total. The number of hydrogen-bond acceptors (Lipinski definition) is 7. The number of carbonyl (C=O) groups excluding carboxylic acids is 2. The van der Waals surface area contributed by atoms with Gasteiger partial charge < -0.3 is 24.8 Å². The molecule has 0 aliphatic carbocycles. The van der Waals surface area contributed by atoms with Gasteiger partial charge in [0.25, 0.3) is 0 Å². The summed E-state index contributed by atoms with van der Waals surface area (Å²) in [5.74, 6) is 0.182. The monoisotopic (exact) mass is 422 g/mol. The van der Waals surface area contributed by atoms with E-state index >= 15 is 0 Å². The molecule has 1 heterocycles. The number of phenols is 2. The minimum Gasteiger partial charge on any atom is -0.508 e.